The zero-order valence-corrected chi connectivity index (χ0v) is 57.2. The highest BCUT2D eigenvalue weighted by molar-refractivity contribution is 5.87. The van der Waals surface area contributed by atoms with E-state index in [1.165, 1.54) is 26.8 Å². The predicted molar refractivity (Wildman–Crippen MR) is 341 cm³/mol. The second kappa shape index (κ2) is 39.2. The number of carbonyl (C=O) groups excluding carboxylic acids is 4. The van der Waals surface area contributed by atoms with E-state index in [1.807, 2.05) is 0 Å². The summed E-state index contributed by atoms with van der Waals surface area (Å²) in [4.78, 5) is 55.9. The molecule has 0 aliphatic carbocycles. The molecule has 95 heavy (non-hydrogen) atoms. The minimum atomic E-state index is -1.95. The molecule has 0 amide bonds. The number of aliphatic hydroxyl groups is 7. The van der Waals surface area contributed by atoms with Crippen molar-refractivity contribution in [2.75, 3.05) is 0 Å². The molecule has 2 bridgehead atoms. The molecule has 6 heterocycles. The topological polar surface area (TPSA) is 339 Å². The van der Waals surface area contributed by atoms with Gasteiger partial charge in [0, 0.05) is 18.9 Å². The van der Waals surface area contributed by atoms with E-state index < -0.39 is 183 Å². The Hall–Kier alpha value is -3.84. The number of esters is 4. The first-order chi connectivity index (χ1) is 45.5. The van der Waals surface area contributed by atoms with Crippen molar-refractivity contribution < 1.29 is 121 Å². The van der Waals surface area contributed by atoms with Gasteiger partial charge in [0.1, 0.15) is 67.1 Å². The Labute approximate surface area is 560 Å². The summed E-state index contributed by atoms with van der Waals surface area (Å²) in [6, 6.07) is 8.85. The number of hydrogen-bond acceptors (Lipinski definition) is 25. The van der Waals surface area contributed by atoms with E-state index >= 15 is 0 Å². The number of unbranched alkanes of at least 4 members (excludes halogenated alkanes) is 8. The van der Waals surface area contributed by atoms with Crippen molar-refractivity contribution in [3.63, 3.8) is 0 Å². The van der Waals surface area contributed by atoms with Crippen LogP contribution in [0.5, 0.6) is 0 Å². The third-order valence-corrected chi connectivity index (χ3v) is 19.1. The first-order valence-corrected chi connectivity index (χ1v) is 35.4. The summed E-state index contributed by atoms with van der Waals surface area (Å²) >= 11 is 0. The normalized spacial score (nSPS) is 39.1. The van der Waals surface area contributed by atoms with E-state index in [-0.39, 0.29) is 18.9 Å². The van der Waals surface area contributed by atoms with Crippen LogP contribution in [0.15, 0.2) is 36.4 Å². The molecule has 7 rings (SSSR count). The Morgan fingerprint density at radius 2 is 1.07 bits per heavy atom. The average molecular weight is 1350 g/mol. The van der Waals surface area contributed by atoms with Crippen molar-refractivity contribution in [2.24, 2.45) is 5.92 Å². The molecule has 6 fully saturated rings. The number of carbonyl (C=O) groups is 4. The van der Waals surface area contributed by atoms with E-state index in [2.05, 4.69) is 13.8 Å². The van der Waals surface area contributed by atoms with Crippen LogP contribution in [-0.2, 0) is 85.5 Å². The molecule has 0 unspecified atom stereocenters. The fraction of sp³-hybridized carbons (Fsp3) is 0.829. The van der Waals surface area contributed by atoms with Crippen molar-refractivity contribution >= 4 is 30.0 Å². The number of hydrogen-bond donors (Lipinski definition) is 7. The average Bonchev–Trinajstić information content (AvgIpc) is 0.777. The number of rotatable bonds is 25. The van der Waals surface area contributed by atoms with Crippen LogP contribution in [0.25, 0.3) is 6.08 Å². The molecule has 25 heteroatoms. The van der Waals surface area contributed by atoms with E-state index in [9.17, 15) is 54.9 Å². The lowest BCUT2D eigenvalue weighted by molar-refractivity contribution is -0.399. The largest absolute Gasteiger partial charge is 0.456 e. The van der Waals surface area contributed by atoms with Gasteiger partial charge in [0.2, 0.25) is 0 Å². The molecule has 1 aromatic carbocycles. The molecule has 0 spiro atoms. The standard InChI is InChI=1S/C70H112O25/c1-10-13-15-16-18-22-30-36-48(72)90-64-63(95-66-54(78)52(76)50(74)40(5)82-66)59(93-69-62(89-49(73)38-37-45-31-26-24-27-32-45)55(79)57(42(7)85-69)91-65(81)39(4)12-3)44(9)86-70(64)92-58-43(8)84-67-56(80)60(58)88-47(71)35-29-23-20-17-19-21-28-34-46(33-25-14-11-2)87-68-61(94-67)53(77)51(75)41(6)83-68/h24,26-27,31-32,37-44,46,50-64,66-70,74-80H,10-23,25,28-30,33-36H2,1-9H3/b38-37+/t39-,40-,41+,42-,43-,44-,46-,50-,51-,52+,53-,54+,55+,56-,57-,58-,59-,60-,61+,62+,63+,64+,66-,67-,68-,69-,70-/m0/s1. The van der Waals surface area contributed by atoms with Gasteiger partial charge >= 0.3 is 23.9 Å². The van der Waals surface area contributed by atoms with Gasteiger partial charge < -0.3 is 102 Å². The van der Waals surface area contributed by atoms with Crippen molar-refractivity contribution in [1.82, 2.24) is 0 Å². The van der Waals surface area contributed by atoms with Gasteiger partial charge in [-0.2, -0.15) is 0 Å². The summed E-state index contributed by atoms with van der Waals surface area (Å²) in [5.41, 5.74) is 0.645. The molecule has 6 aliphatic heterocycles. The molecule has 0 aromatic heterocycles. The lowest BCUT2D eigenvalue weighted by atomic mass is 9.95. The summed E-state index contributed by atoms with van der Waals surface area (Å²) in [5, 5.41) is 81.7. The van der Waals surface area contributed by atoms with Crippen molar-refractivity contribution in [1.29, 1.82) is 0 Å². The summed E-state index contributed by atoms with van der Waals surface area (Å²) in [7, 11) is 0. The van der Waals surface area contributed by atoms with Crippen molar-refractivity contribution in [3.05, 3.63) is 42.0 Å². The van der Waals surface area contributed by atoms with Gasteiger partial charge in [0.05, 0.1) is 42.5 Å². The highest BCUT2D eigenvalue weighted by atomic mass is 16.8. The van der Waals surface area contributed by atoms with Crippen molar-refractivity contribution in [2.45, 2.75) is 363 Å². The summed E-state index contributed by atoms with van der Waals surface area (Å²) in [6.45, 7) is 15.3. The molecule has 6 saturated heterocycles. The van der Waals surface area contributed by atoms with Gasteiger partial charge in [-0.05, 0) is 78.4 Å². The molecular formula is C70H112O25. The number of benzene rings is 1. The van der Waals surface area contributed by atoms with Crippen LogP contribution in [0, 0.1) is 5.92 Å². The van der Waals surface area contributed by atoms with E-state index in [0.717, 1.165) is 96.0 Å². The van der Waals surface area contributed by atoms with E-state index in [4.69, 9.17) is 66.3 Å². The molecule has 25 nitrogen and oxygen atoms in total. The smallest absolute Gasteiger partial charge is 0.331 e. The zero-order valence-electron chi connectivity index (χ0n) is 57.2. The quantitative estimate of drug-likeness (QED) is 0.0229. The van der Waals surface area contributed by atoms with Crippen LogP contribution >= 0.6 is 0 Å². The third-order valence-electron chi connectivity index (χ3n) is 19.1. The monoisotopic (exact) mass is 1350 g/mol. The summed E-state index contributed by atoms with van der Waals surface area (Å²) < 4.78 is 89.9. The van der Waals surface area contributed by atoms with Gasteiger partial charge in [-0.1, -0.05) is 154 Å². The van der Waals surface area contributed by atoms with Crippen LogP contribution in [0.1, 0.15) is 209 Å². The van der Waals surface area contributed by atoms with Crippen LogP contribution in [0.4, 0.5) is 0 Å². The minimum absolute atomic E-state index is 0.0457. The Morgan fingerprint density at radius 3 is 1.77 bits per heavy atom. The fourth-order valence-corrected chi connectivity index (χ4v) is 13.0. The van der Waals surface area contributed by atoms with Gasteiger partial charge in [-0.3, -0.25) is 14.4 Å². The van der Waals surface area contributed by atoms with Crippen LogP contribution in [-0.4, -0.2) is 219 Å². The maximum atomic E-state index is 14.5. The Bertz CT molecular complexity index is 2460. The Balaban J connectivity index is 1.27. The number of aliphatic hydroxyl groups excluding tert-OH is 7. The first kappa shape index (κ1) is 78.5. The second-order valence-electron chi connectivity index (χ2n) is 26.8. The van der Waals surface area contributed by atoms with Crippen LogP contribution in [0.3, 0.4) is 0 Å². The van der Waals surface area contributed by atoms with Gasteiger partial charge in [0.15, 0.2) is 55.9 Å². The Morgan fingerprint density at radius 1 is 0.505 bits per heavy atom. The van der Waals surface area contributed by atoms with E-state index in [1.54, 1.807) is 58.0 Å². The molecule has 542 valence electrons. The van der Waals surface area contributed by atoms with E-state index in [0.29, 0.717) is 44.1 Å². The number of ether oxygens (including phenoxy) is 14. The van der Waals surface area contributed by atoms with Crippen LogP contribution in [0.2, 0.25) is 0 Å². The van der Waals surface area contributed by atoms with Gasteiger partial charge in [-0.25, -0.2) is 4.79 Å². The minimum Gasteiger partial charge on any atom is -0.456 e. The van der Waals surface area contributed by atoms with Gasteiger partial charge in [-0.15, -0.1) is 0 Å². The molecular weight excluding hydrogens is 1240 g/mol. The molecule has 0 saturated carbocycles. The van der Waals surface area contributed by atoms with Crippen LogP contribution < -0.4 is 0 Å². The highest BCUT2D eigenvalue weighted by Crippen LogP contribution is 2.40. The zero-order chi connectivity index (χ0) is 68.9. The molecule has 6 aliphatic rings. The molecule has 27 atom stereocenters. The van der Waals surface area contributed by atoms with Crippen molar-refractivity contribution in [3.8, 4) is 0 Å². The molecule has 0 radical (unpaired) electrons. The molecule has 1 aromatic rings. The SMILES string of the molecule is CCCCCCCCCC(=O)O[C@H]1[C@H](O[C@@H]2[C@H]3OC(=O)CCCCCCCCC[C@H](CCCCC)O[C@@H]4O[C@H](C)[C@H](O)[C@H](O)[C@H]4O[C@H](O[C@H]2C)[C@H]3O)O[C@@H](C)[C@H](O[C@@H]2O[C@@H](C)[C@H](OC(=O)[C@@H](C)CC)[C@@H](O)[C@H]2OC(=O)/C=C/c2ccccc2)[C@H]1O[C@@H]1O[C@@H](C)[C@H](O)[C@@H](O)[C@H]1O. The fourth-order valence-electron chi connectivity index (χ4n) is 13.0. The first-order valence-electron chi connectivity index (χ1n) is 35.4. The van der Waals surface area contributed by atoms with Gasteiger partial charge in [0.25, 0.3) is 0 Å². The lowest BCUT2D eigenvalue weighted by Gasteiger charge is -2.51. The second-order valence-corrected chi connectivity index (χ2v) is 26.8. The lowest BCUT2D eigenvalue weighted by Crippen LogP contribution is -2.68. The third kappa shape index (κ3) is 22.3. The Kier molecular flexibility index (Phi) is 32.4. The summed E-state index contributed by atoms with van der Waals surface area (Å²) in [5.74, 6) is -3.67. The maximum Gasteiger partial charge on any atom is 0.331 e. The number of fused-ring (bicyclic) bond motifs is 3. The predicted octanol–water partition coefficient (Wildman–Crippen LogP) is 6.81. The summed E-state index contributed by atoms with van der Waals surface area (Å²) in [6.07, 6.45) is -20.3. The molecule has 7 N–H and O–H groups in total. The highest BCUT2D eigenvalue weighted by Gasteiger charge is 2.59. The maximum absolute atomic E-state index is 14.5.